The SMILES string of the molecule is COC(=O)c1cccnc1-c1ccc2c(c1)C(=O)CC1(CCNCC1)O2. The maximum atomic E-state index is 12.8. The molecule has 0 atom stereocenters. The van der Waals surface area contributed by atoms with Gasteiger partial charge in [-0.1, -0.05) is 0 Å². The number of nitrogens with zero attached hydrogens (tertiary/aromatic N) is 1. The first-order valence-electron chi connectivity index (χ1n) is 8.73. The highest BCUT2D eigenvalue weighted by Crippen LogP contribution is 2.39. The van der Waals surface area contributed by atoms with Gasteiger partial charge in [0.1, 0.15) is 11.4 Å². The molecule has 1 saturated heterocycles. The number of rotatable bonds is 2. The molecule has 1 aromatic carbocycles. The van der Waals surface area contributed by atoms with Crippen LogP contribution in [0.3, 0.4) is 0 Å². The summed E-state index contributed by atoms with van der Waals surface area (Å²) in [7, 11) is 1.34. The highest BCUT2D eigenvalue weighted by atomic mass is 16.5. The summed E-state index contributed by atoms with van der Waals surface area (Å²) >= 11 is 0. The third-order valence-corrected chi connectivity index (χ3v) is 5.09. The minimum Gasteiger partial charge on any atom is -0.486 e. The molecule has 2 aromatic rings. The van der Waals surface area contributed by atoms with Crippen molar-refractivity contribution < 1.29 is 19.1 Å². The van der Waals surface area contributed by atoms with E-state index in [1.165, 1.54) is 7.11 Å². The Balaban J connectivity index is 1.72. The number of nitrogens with one attached hydrogen (secondary N) is 1. The average molecular weight is 352 g/mol. The maximum absolute atomic E-state index is 12.8. The molecule has 2 aliphatic rings. The molecule has 0 bridgehead atoms. The van der Waals surface area contributed by atoms with Crippen molar-refractivity contribution in [2.75, 3.05) is 20.2 Å². The normalized spacial score (nSPS) is 18.1. The predicted molar refractivity (Wildman–Crippen MR) is 95.4 cm³/mol. The Labute approximate surface area is 151 Å². The quantitative estimate of drug-likeness (QED) is 0.837. The Morgan fingerprint density at radius 2 is 2.08 bits per heavy atom. The van der Waals surface area contributed by atoms with Crippen LogP contribution in [0.1, 0.15) is 40.0 Å². The lowest BCUT2D eigenvalue weighted by Gasteiger charge is -2.41. The molecule has 0 amide bonds. The molecule has 134 valence electrons. The molecule has 1 N–H and O–H groups in total. The van der Waals surface area contributed by atoms with Crippen molar-refractivity contribution in [2.45, 2.75) is 24.9 Å². The Kier molecular flexibility index (Phi) is 4.20. The summed E-state index contributed by atoms with van der Waals surface area (Å²) in [5.74, 6) is 0.232. The molecule has 2 aliphatic heterocycles. The van der Waals surface area contributed by atoms with Crippen LogP contribution in [0, 0.1) is 0 Å². The van der Waals surface area contributed by atoms with E-state index in [1.807, 2.05) is 6.07 Å². The molecule has 6 heteroatoms. The predicted octanol–water partition coefficient (Wildman–Crippen LogP) is 2.62. The third-order valence-electron chi connectivity index (χ3n) is 5.09. The van der Waals surface area contributed by atoms with E-state index in [-0.39, 0.29) is 11.4 Å². The highest BCUT2D eigenvalue weighted by molar-refractivity contribution is 6.02. The van der Waals surface area contributed by atoms with Crippen molar-refractivity contribution in [1.82, 2.24) is 10.3 Å². The number of hydrogen-bond acceptors (Lipinski definition) is 6. The number of esters is 1. The van der Waals surface area contributed by atoms with Crippen LogP contribution in [0.15, 0.2) is 36.5 Å². The van der Waals surface area contributed by atoms with Crippen LogP contribution in [-0.4, -0.2) is 42.5 Å². The van der Waals surface area contributed by atoms with Gasteiger partial charge >= 0.3 is 5.97 Å². The van der Waals surface area contributed by atoms with Crippen LogP contribution < -0.4 is 10.1 Å². The fourth-order valence-corrected chi connectivity index (χ4v) is 3.71. The summed E-state index contributed by atoms with van der Waals surface area (Å²) in [5.41, 5.74) is 1.72. The second-order valence-electron chi connectivity index (χ2n) is 6.74. The number of ether oxygens (including phenoxy) is 2. The zero-order chi connectivity index (χ0) is 18.1. The van der Waals surface area contributed by atoms with E-state index in [2.05, 4.69) is 10.3 Å². The van der Waals surface area contributed by atoms with Gasteiger partial charge in [-0.05, 0) is 43.4 Å². The number of aromatic nitrogens is 1. The summed E-state index contributed by atoms with van der Waals surface area (Å²) in [5, 5.41) is 3.30. The molecule has 0 unspecified atom stereocenters. The van der Waals surface area contributed by atoms with Gasteiger partial charge in [-0.2, -0.15) is 0 Å². The largest absolute Gasteiger partial charge is 0.486 e. The van der Waals surface area contributed by atoms with Gasteiger partial charge in [0.15, 0.2) is 5.78 Å². The molecular weight excluding hydrogens is 332 g/mol. The van der Waals surface area contributed by atoms with Gasteiger partial charge in [-0.3, -0.25) is 9.78 Å². The van der Waals surface area contributed by atoms with E-state index >= 15 is 0 Å². The fourth-order valence-electron chi connectivity index (χ4n) is 3.71. The van der Waals surface area contributed by atoms with E-state index < -0.39 is 5.97 Å². The van der Waals surface area contributed by atoms with Crippen LogP contribution in [0.4, 0.5) is 0 Å². The molecule has 1 spiro atoms. The van der Waals surface area contributed by atoms with E-state index in [0.29, 0.717) is 34.6 Å². The zero-order valence-electron chi connectivity index (χ0n) is 14.6. The zero-order valence-corrected chi connectivity index (χ0v) is 14.6. The number of carbonyl (C=O) groups is 2. The average Bonchev–Trinajstić information content (AvgIpc) is 2.68. The topological polar surface area (TPSA) is 77.5 Å². The Morgan fingerprint density at radius 1 is 1.27 bits per heavy atom. The molecule has 0 radical (unpaired) electrons. The molecule has 1 aromatic heterocycles. The summed E-state index contributed by atoms with van der Waals surface area (Å²) < 4.78 is 11.1. The number of Topliss-reactive ketones (excluding diaryl/α,β-unsaturated/α-hetero) is 1. The van der Waals surface area contributed by atoms with E-state index in [1.54, 1.807) is 30.5 Å². The lowest BCUT2D eigenvalue weighted by atomic mass is 9.82. The Hall–Kier alpha value is -2.73. The monoisotopic (exact) mass is 352 g/mol. The van der Waals surface area contributed by atoms with Gasteiger partial charge in [-0.25, -0.2) is 4.79 Å². The van der Waals surface area contributed by atoms with Crippen molar-refractivity contribution in [2.24, 2.45) is 0 Å². The van der Waals surface area contributed by atoms with Crippen molar-refractivity contribution in [3.63, 3.8) is 0 Å². The molecule has 26 heavy (non-hydrogen) atoms. The molecular formula is C20H20N2O4. The number of ketones is 1. The lowest BCUT2D eigenvalue weighted by Crippen LogP contribution is -2.49. The molecule has 4 rings (SSSR count). The first-order chi connectivity index (χ1) is 12.6. The first-order valence-corrected chi connectivity index (χ1v) is 8.73. The number of fused-ring (bicyclic) bond motifs is 1. The minimum absolute atomic E-state index is 0.0746. The van der Waals surface area contributed by atoms with Crippen LogP contribution in [-0.2, 0) is 4.74 Å². The standard InChI is InChI=1S/C20H20N2O4/c1-25-19(24)14-3-2-8-22-18(14)13-4-5-17-15(11-13)16(23)12-20(26-17)6-9-21-10-7-20/h2-5,8,11,21H,6-7,9-10,12H2,1H3. The lowest BCUT2D eigenvalue weighted by molar-refractivity contribution is 0.0187. The van der Waals surface area contributed by atoms with Gasteiger partial charge in [0.05, 0.1) is 30.4 Å². The van der Waals surface area contributed by atoms with Gasteiger partial charge in [0.2, 0.25) is 0 Å². The van der Waals surface area contributed by atoms with E-state index in [0.717, 1.165) is 25.9 Å². The van der Waals surface area contributed by atoms with Crippen LogP contribution in [0.2, 0.25) is 0 Å². The molecule has 6 nitrogen and oxygen atoms in total. The third kappa shape index (κ3) is 2.86. The number of piperidine rings is 1. The van der Waals surface area contributed by atoms with Crippen molar-refractivity contribution in [3.05, 3.63) is 47.7 Å². The summed E-state index contributed by atoms with van der Waals surface area (Å²) in [6, 6.07) is 8.75. The summed E-state index contributed by atoms with van der Waals surface area (Å²) in [6.07, 6.45) is 3.65. The summed E-state index contributed by atoms with van der Waals surface area (Å²) in [4.78, 5) is 29.1. The second kappa shape index (κ2) is 6.53. The van der Waals surface area contributed by atoms with Crippen molar-refractivity contribution in [3.8, 4) is 17.0 Å². The van der Waals surface area contributed by atoms with Crippen molar-refractivity contribution in [1.29, 1.82) is 0 Å². The molecule has 0 aliphatic carbocycles. The number of hydrogen-bond donors (Lipinski definition) is 1. The number of benzene rings is 1. The highest BCUT2D eigenvalue weighted by Gasteiger charge is 2.41. The van der Waals surface area contributed by atoms with Gasteiger partial charge in [0.25, 0.3) is 0 Å². The van der Waals surface area contributed by atoms with Gasteiger partial charge in [-0.15, -0.1) is 0 Å². The molecule has 3 heterocycles. The Bertz CT molecular complexity index is 872. The smallest absolute Gasteiger partial charge is 0.340 e. The molecule has 0 saturated carbocycles. The van der Waals surface area contributed by atoms with E-state index in [4.69, 9.17) is 9.47 Å². The molecule has 1 fully saturated rings. The maximum Gasteiger partial charge on any atom is 0.340 e. The van der Waals surface area contributed by atoms with Crippen LogP contribution in [0.5, 0.6) is 5.75 Å². The Morgan fingerprint density at radius 3 is 2.85 bits per heavy atom. The van der Waals surface area contributed by atoms with Gasteiger partial charge in [0, 0.05) is 24.6 Å². The number of carbonyl (C=O) groups excluding carboxylic acids is 2. The second-order valence-corrected chi connectivity index (χ2v) is 6.74. The van der Waals surface area contributed by atoms with Crippen LogP contribution >= 0.6 is 0 Å². The van der Waals surface area contributed by atoms with Crippen molar-refractivity contribution >= 4 is 11.8 Å². The van der Waals surface area contributed by atoms with E-state index in [9.17, 15) is 9.59 Å². The minimum atomic E-state index is -0.456. The summed E-state index contributed by atoms with van der Waals surface area (Å²) in [6.45, 7) is 1.72. The fraction of sp³-hybridized carbons (Fsp3) is 0.350. The first kappa shape index (κ1) is 16.7. The number of pyridine rings is 1. The number of methoxy groups -OCH3 is 1. The van der Waals surface area contributed by atoms with Crippen LogP contribution in [0.25, 0.3) is 11.3 Å². The van der Waals surface area contributed by atoms with Gasteiger partial charge < -0.3 is 14.8 Å².